The normalized spacial score (nSPS) is 29.1. The van der Waals surface area contributed by atoms with Gasteiger partial charge >= 0.3 is 200 Å². The van der Waals surface area contributed by atoms with Gasteiger partial charge in [0.25, 0.3) is 0 Å². The van der Waals surface area contributed by atoms with Crippen molar-refractivity contribution in [2.24, 2.45) is 22.7 Å². The van der Waals surface area contributed by atoms with Crippen molar-refractivity contribution in [1.29, 1.82) is 0 Å². The van der Waals surface area contributed by atoms with Crippen LogP contribution in [0, 0.1) is 22.7 Å². The predicted octanol–water partition coefficient (Wildman–Crippen LogP) is 10.1. The van der Waals surface area contributed by atoms with Gasteiger partial charge in [-0.05, 0) is 0 Å². The summed E-state index contributed by atoms with van der Waals surface area (Å²) >= 11 is -2.29. The van der Waals surface area contributed by atoms with Gasteiger partial charge in [0.1, 0.15) is 0 Å². The number of hydrogen-bond acceptors (Lipinski definition) is 0. The van der Waals surface area contributed by atoms with E-state index in [-0.39, 0.29) is 0 Å². The van der Waals surface area contributed by atoms with Gasteiger partial charge in [-0.15, -0.1) is 0 Å². The second-order valence-corrected chi connectivity index (χ2v) is 26.6. The van der Waals surface area contributed by atoms with Crippen molar-refractivity contribution >= 4 is 18.4 Å². The fourth-order valence-corrected chi connectivity index (χ4v) is 24.3. The minimum absolute atomic E-state index is 0.339. The molecule has 1 heteroatoms. The third-order valence-electron chi connectivity index (χ3n) is 9.38. The summed E-state index contributed by atoms with van der Waals surface area (Å²) in [5.74, 6) is 1.62. The Morgan fingerprint density at radius 1 is 0.871 bits per heavy atom. The van der Waals surface area contributed by atoms with Crippen LogP contribution >= 0.6 is 0 Å². The van der Waals surface area contributed by atoms with Crippen LogP contribution in [-0.2, 0) is 0 Å². The fraction of sp³-hybridized carbons (Fsp3) is 0.800. The average molecular weight is 531 g/mol. The molecule has 0 N–H and O–H groups in total. The van der Waals surface area contributed by atoms with E-state index in [1.54, 1.807) is 24.5 Å². The van der Waals surface area contributed by atoms with Crippen LogP contribution in [0.15, 0.2) is 35.5 Å². The molecule has 3 aliphatic carbocycles. The minimum atomic E-state index is -2.29. The molecule has 3 aliphatic rings. The zero-order valence-electron chi connectivity index (χ0n) is 22.0. The van der Waals surface area contributed by atoms with Crippen LogP contribution in [0.2, 0.25) is 17.2 Å². The molecule has 0 saturated heterocycles. The van der Waals surface area contributed by atoms with Gasteiger partial charge in [0.15, 0.2) is 0 Å². The Hall–Kier alpha value is 0.0187. The standard InChI is InChI=1S/C18H25.3C4H9.Sn/c1-17(2)10-9-16-14(12-17)11-13-7-5-6-8-15(13)18(16,3)4;3*1-3-4-2;/h5-8,11,14,16H,9-10,12H2,1-4H3;3*1,3-4H2,2H3;. The van der Waals surface area contributed by atoms with Gasteiger partial charge in [0.2, 0.25) is 0 Å². The van der Waals surface area contributed by atoms with E-state index in [0.29, 0.717) is 10.8 Å². The summed E-state index contributed by atoms with van der Waals surface area (Å²) in [6, 6.07) is 0. The molecule has 3 rings (SSSR count). The maximum atomic E-state index is 2.87. The molecule has 0 radical (unpaired) electrons. The average Bonchev–Trinajstić information content (AvgIpc) is 2.72. The Morgan fingerprint density at radius 3 is 2.00 bits per heavy atom. The van der Waals surface area contributed by atoms with Gasteiger partial charge in [-0.25, -0.2) is 0 Å². The molecular weight excluding hydrogens is 479 g/mol. The number of unbranched alkanes of at least 4 members (excludes halogenated alkanes) is 3. The van der Waals surface area contributed by atoms with Crippen molar-refractivity contribution in [2.45, 2.75) is 123 Å². The summed E-state index contributed by atoms with van der Waals surface area (Å²) in [5, 5.41) is 0. The molecule has 3 atom stereocenters. The molecule has 31 heavy (non-hydrogen) atoms. The Balaban J connectivity index is 1.97. The Labute approximate surface area is 199 Å². The molecule has 1 fully saturated rings. The molecule has 0 aromatic carbocycles. The Bertz CT molecular complexity index is 667. The van der Waals surface area contributed by atoms with Gasteiger partial charge in [-0.1, -0.05) is 0 Å². The number of allylic oxidation sites excluding steroid dienone is 6. The zero-order chi connectivity index (χ0) is 22.7. The van der Waals surface area contributed by atoms with Gasteiger partial charge in [-0.2, -0.15) is 0 Å². The van der Waals surface area contributed by atoms with Gasteiger partial charge in [-0.3, -0.25) is 0 Å². The first-order valence-electron chi connectivity index (χ1n) is 13.8. The second kappa shape index (κ2) is 10.5. The molecule has 0 heterocycles. The first kappa shape index (κ1) is 25.6. The second-order valence-electron chi connectivity index (χ2n) is 12.7. The van der Waals surface area contributed by atoms with Crippen molar-refractivity contribution < 1.29 is 0 Å². The maximum absolute atomic E-state index is 2.87. The first-order chi connectivity index (χ1) is 14.7. The van der Waals surface area contributed by atoms with E-state index in [1.807, 2.05) is 0 Å². The molecule has 176 valence electrons. The third-order valence-corrected chi connectivity index (χ3v) is 26.0. The van der Waals surface area contributed by atoms with Crippen LogP contribution in [0.5, 0.6) is 0 Å². The van der Waals surface area contributed by atoms with E-state index in [2.05, 4.69) is 72.8 Å². The summed E-state index contributed by atoms with van der Waals surface area (Å²) in [6.45, 7) is 17.4. The van der Waals surface area contributed by atoms with Crippen LogP contribution in [-0.4, -0.2) is 18.4 Å². The Morgan fingerprint density at radius 2 is 1.45 bits per heavy atom. The Kier molecular flexibility index (Phi) is 8.70. The van der Waals surface area contributed by atoms with Crippen LogP contribution in [0.1, 0.15) is 106 Å². The SMILES string of the molecule is CCC[CH2][Sn]([CH2]CCC)([CH2]CCC)[CH]1C=CC2=CC3CC(C)(C)CCC3C(C)(C)C2=C1. The van der Waals surface area contributed by atoms with Crippen molar-refractivity contribution in [3.63, 3.8) is 0 Å². The number of fused-ring (bicyclic) bond motifs is 2. The van der Waals surface area contributed by atoms with Crippen LogP contribution < -0.4 is 0 Å². The van der Waals surface area contributed by atoms with Crippen LogP contribution in [0.25, 0.3) is 0 Å². The first-order valence-corrected chi connectivity index (χ1v) is 21.5. The number of rotatable bonds is 10. The van der Waals surface area contributed by atoms with Gasteiger partial charge in [0, 0.05) is 0 Å². The van der Waals surface area contributed by atoms with E-state index < -0.39 is 18.4 Å². The van der Waals surface area contributed by atoms with Crippen molar-refractivity contribution in [3.05, 3.63) is 35.5 Å². The van der Waals surface area contributed by atoms with Crippen molar-refractivity contribution in [2.75, 3.05) is 0 Å². The summed E-state index contributed by atoms with van der Waals surface area (Å²) in [5.41, 5.74) is 4.20. The van der Waals surface area contributed by atoms with E-state index in [1.165, 1.54) is 57.8 Å². The van der Waals surface area contributed by atoms with Crippen molar-refractivity contribution in [1.82, 2.24) is 0 Å². The molecule has 0 amide bonds. The van der Waals surface area contributed by atoms with Gasteiger partial charge in [0.05, 0.1) is 0 Å². The summed E-state index contributed by atoms with van der Waals surface area (Å²) in [6.07, 6.45) is 23.6. The number of hydrogen-bond donors (Lipinski definition) is 0. The molecule has 0 aromatic heterocycles. The van der Waals surface area contributed by atoms with E-state index in [9.17, 15) is 0 Å². The van der Waals surface area contributed by atoms with Crippen LogP contribution in [0.4, 0.5) is 0 Å². The summed E-state index contributed by atoms with van der Waals surface area (Å²) < 4.78 is 5.68. The van der Waals surface area contributed by atoms with Gasteiger partial charge < -0.3 is 0 Å². The van der Waals surface area contributed by atoms with E-state index >= 15 is 0 Å². The third kappa shape index (κ3) is 5.57. The molecule has 0 bridgehead atoms. The van der Waals surface area contributed by atoms with Crippen LogP contribution in [0.3, 0.4) is 0 Å². The topological polar surface area (TPSA) is 0 Å². The molecule has 3 unspecified atom stereocenters. The van der Waals surface area contributed by atoms with E-state index in [0.717, 1.165) is 15.8 Å². The zero-order valence-corrected chi connectivity index (χ0v) is 24.9. The quantitative estimate of drug-likeness (QED) is 0.246. The predicted molar refractivity (Wildman–Crippen MR) is 142 cm³/mol. The molecule has 0 spiro atoms. The summed E-state index contributed by atoms with van der Waals surface area (Å²) in [7, 11) is 0. The van der Waals surface area contributed by atoms with Crippen molar-refractivity contribution in [3.8, 4) is 0 Å². The fourth-order valence-electron chi connectivity index (χ4n) is 7.35. The molecule has 0 aliphatic heterocycles. The molecule has 1 saturated carbocycles. The molecule has 0 aromatic rings. The molecule has 0 nitrogen and oxygen atoms in total. The monoisotopic (exact) mass is 532 g/mol. The van der Waals surface area contributed by atoms with E-state index in [4.69, 9.17) is 0 Å². The molecular formula is C30H52Sn. The summed E-state index contributed by atoms with van der Waals surface area (Å²) in [4.78, 5) is 0.